The first kappa shape index (κ1) is 18.5. The van der Waals surface area contributed by atoms with Gasteiger partial charge in [0.2, 0.25) is 5.91 Å². The van der Waals surface area contributed by atoms with Crippen LogP contribution in [0, 0.1) is 6.92 Å². The van der Waals surface area contributed by atoms with Gasteiger partial charge in [-0.05, 0) is 26.7 Å². The lowest BCUT2D eigenvalue weighted by Gasteiger charge is -2.24. The third-order valence-electron chi connectivity index (χ3n) is 3.61. The van der Waals surface area contributed by atoms with Gasteiger partial charge in [0.25, 0.3) is 0 Å². The summed E-state index contributed by atoms with van der Waals surface area (Å²) in [5.41, 5.74) is -0.156. The van der Waals surface area contributed by atoms with E-state index in [1.165, 1.54) is 51.4 Å². The molecule has 0 atom stereocenters. The zero-order chi connectivity index (χ0) is 14.6. The summed E-state index contributed by atoms with van der Waals surface area (Å²) in [7, 11) is 0. The van der Waals surface area contributed by atoms with Crippen LogP contribution in [0.1, 0.15) is 91.4 Å². The molecule has 0 heterocycles. The largest absolute Gasteiger partial charge is 0.351 e. The van der Waals surface area contributed by atoms with Gasteiger partial charge in [-0.2, -0.15) is 0 Å². The fourth-order valence-corrected chi connectivity index (χ4v) is 2.10. The van der Waals surface area contributed by atoms with E-state index in [1.807, 2.05) is 13.8 Å². The number of carbonyl (C=O) groups excluding carboxylic acids is 1. The summed E-state index contributed by atoms with van der Waals surface area (Å²) in [5.74, 6) is 0.177. The van der Waals surface area contributed by atoms with Gasteiger partial charge in [-0.15, -0.1) is 0 Å². The molecule has 0 rings (SSSR count). The van der Waals surface area contributed by atoms with E-state index in [1.54, 1.807) is 0 Å². The summed E-state index contributed by atoms with van der Waals surface area (Å²) in [4.78, 5) is 11.7. The highest BCUT2D eigenvalue weighted by Crippen LogP contribution is 2.11. The van der Waals surface area contributed by atoms with Crippen LogP contribution >= 0.6 is 0 Å². The third kappa shape index (κ3) is 12.3. The quantitative estimate of drug-likeness (QED) is 0.494. The van der Waals surface area contributed by atoms with Crippen LogP contribution in [0.3, 0.4) is 0 Å². The van der Waals surface area contributed by atoms with Gasteiger partial charge >= 0.3 is 0 Å². The van der Waals surface area contributed by atoms with Crippen LogP contribution in [0.5, 0.6) is 0 Å². The van der Waals surface area contributed by atoms with E-state index in [0.717, 1.165) is 12.8 Å². The minimum atomic E-state index is -0.156. The van der Waals surface area contributed by atoms with E-state index in [2.05, 4.69) is 19.2 Å². The van der Waals surface area contributed by atoms with Crippen molar-refractivity contribution in [2.45, 2.75) is 96.9 Å². The molecule has 2 nitrogen and oxygen atoms in total. The standard InChI is InChI=1S/C17H34NO/c1-5-7-8-9-10-11-12-13-14-15-16(19)18-17(3,4)6-2/h2,5-15H2,1,3-4H3,(H,18,19). The molecule has 2 heteroatoms. The maximum atomic E-state index is 11.7. The predicted octanol–water partition coefficient (Wildman–Crippen LogP) is 5.03. The van der Waals surface area contributed by atoms with E-state index in [9.17, 15) is 4.79 Å². The van der Waals surface area contributed by atoms with Gasteiger partial charge in [-0.3, -0.25) is 4.79 Å². The Bertz CT molecular complexity index is 223. The van der Waals surface area contributed by atoms with Gasteiger partial charge in [0.1, 0.15) is 0 Å². The monoisotopic (exact) mass is 268 g/mol. The number of hydrogen-bond acceptors (Lipinski definition) is 1. The first-order valence-electron chi connectivity index (χ1n) is 8.12. The van der Waals surface area contributed by atoms with Gasteiger partial charge < -0.3 is 5.32 Å². The molecule has 19 heavy (non-hydrogen) atoms. The van der Waals surface area contributed by atoms with Gasteiger partial charge in [-0.25, -0.2) is 0 Å². The Balaban J connectivity index is 3.32. The maximum absolute atomic E-state index is 11.7. The fourth-order valence-electron chi connectivity index (χ4n) is 2.10. The molecule has 0 aromatic heterocycles. The molecule has 0 unspecified atom stereocenters. The van der Waals surface area contributed by atoms with Crippen LogP contribution in [0.15, 0.2) is 0 Å². The van der Waals surface area contributed by atoms with Gasteiger partial charge in [0.05, 0.1) is 0 Å². The molecule has 113 valence electrons. The second kappa shape index (κ2) is 11.3. The summed E-state index contributed by atoms with van der Waals surface area (Å²) < 4.78 is 0. The normalized spacial score (nSPS) is 11.6. The van der Waals surface area contributed by atoms with Crippen molar-refractivity contribution < 1.29 is 4.79 Å². The predicted molar refractivity (Wildman–Crippen MR) is 84.0 cm³/mol. The lowest BCUT2D eigenvalue weighted by Crippen LogP contribution is -2.42. The van der Waals surface area contributed by atoms with E-state index in [-0.39, 0.29) is 11.4 Å². The zero-order valence-electron chi connectivity index (χ0n) is 13.4. The SMILES string of the molecule is [CH2]CC(C)(C)NC(=O)CCCCCCCCCCC. The fraction of sp³-hybridized carbons (Fsp3) is 0.882. The molecular formula is C17H34NO. The van der Waals surface area contributed by atoms with Crippen molar-refractivity contribution in [1.82, 2.24) is 5.32 Å². The number of hydrogen-bond donors (Lipinski definition) is 1. The van der Waals surface area contributed by atoms with Crippen LogP contribution in [0.25, 0.3) is 0 Å². The van der Waals surface area contributed by atoms with Crippen molar-refractivity contribution in [3.8, 4) is 0 Å². The number of amides is 1. The highest BCUT2D eigenvalue weighted by atomic mass is 16.1. The molecule has 0 aliphatic rings. The Morgan fingerprint density at radius 2 is 1.42 bits per heavy atom. The third-order valence-corrected chi connectivity index (χ3v) is 3.61. The van der Waals surface area contributed by atoms with Crippen molar-refractivity contribution in [2.24, 2.45) is 0 Å². The molecule has 0 aromatic carbocycles. The molecular weight excluding hydrogens is 234 g/mol. The van der Waals surface area contributed by atoms with Gasteiger partial charge in [0.15, 0.2) is 0 Å². The Morgan fingerprint density at radius 3 is 1.89 bits per heavy atom. The van der Waals surface area contributed by atoms with Crippen molar-refractivity contribution in [3.63, 3.8) is 0 Å². The summed E-state index contributed by atoms with van der Waals surface area (Å²) in [6.45, 7) is 10.1. The van der Waals surface area contributed by atoms with Crippen molar-refractivity contribution in [3.05, 3.63) is 6.92 Å². The van der Waals surface area contributed by atoms with E-state index >= 15 is 0 Å². The molecule has 1 amide bonds. The first-order valence-corrected chi connectivity index (χ1v) is 8.12. The average molecular weight is 268 g/mol. The molecule has 0 aliphatic carbocycles. The second-order valence-corrected chi connectivity index (χ2v) is 6.26. The minimum Gasteiger partial charge on any atom is -0.351 e. The smallest absolute Gasteiger partial charge is 0.220 e. The number of unbranched alkanes of at least 4 members (excludes halogenated alkanes) is 8. The van der Waals surface area contributed by atoms with Crippen molar-refractivity contribution in [1.29, 1.82) is 0 Å². The van der Waals surface area contributed by atoms with Crippen LogP contribution in [0.2, 0.25) is 0 Å². The molecule has 0 saturated heterocycles. The zero-order valence-corrected chi connectivity index (χ0v) is 13.4. The summed E-state index contributed by atoms with van der Waals surface area (Å²) >= 11 is 0. The van der Waals surface area contributed by atoms with E-state index in [4.69, 9.17) is 0 Å². The molecule has 0 aromatic rings. The topological polar surface area (TPSA) is 29.1 Å². The lowest BCUT2D eigenvalue weighted by atomic mass is 10.0. The first-order chi connectivity index (χ1) is 9.02. The van der Waals surface area contributed by atoms with Crippen LogP contribution in [-0.2, 0) is 4.79 Å². The highest BCUT2D eigenvalue weighted by molar-refractivity contribution is 5.76. The van der Waals surface area contributed by atoms with E-state index in [0.29, 0.717) is 6.42 Å². The number of rotatable bonds is 12. The molecule has 1 radical (unpaired) electrons. The summed E-state index contributed by atoms with van der Waals surface area (Å²) in [5, 5.41) is 3.03. The van der Waals surface area contributed by atoms with E-state index < -0.39 is 0 Å². The Kier molecular flexibility index (Phi) is 11.0. The average Bonchev–Trinajstić information content (AvgIpc) is 2.36. The second-order valence-electron chi connectivity index (χ2n) is 6.26. The molecule has 0 saturated carbocycles. The lowest BCUT2D eigenvalue weighted by molar-refractivity contribution is -0.122. The van der Waals surface area contributed by atoms with Crippen LogP contribution < -0.4 is 5.32 Å². The molecule has 1 N–H and O–H groups in total. The summed E-state index contributed by atoms with van der Waals surface area (Å²) in [6.07, 6.45) is 13.0. The van der Waals surface area contributed by atoms with Crippen LogP contribution in [0.4, 0.5) is 0 Å². The summed E-state index contributed by atoms with van der Waals surface area (Å²) in [6, 6.07) is 0. The van der Waals surface area contributed by atoms with Crippen molar-refractivity contribution >= 4 is 5.91 Å². The van der Waals surface area contributed by atoms with Gasteiger partial charge in [-0.1, -0.05) is 65.2 Å². The molecule has 0 spiro atoms. The molecule has 0 bridgehead atoms. The number of nitrogens with one attached hydrogen (secondary N) is 1. The Labute approximate surface area is 120 Å². The van der Waals surface area contributed by atoms with Crippen molar-refractivity contribution in [2.75, 3.05) is 0 Å². The number of carbonyl (C=O) groups is 1. The maximum Gasteiger partial charge on any atom is 0.220 e. The minimum absolute atomic E-state index is 0.156. The Morgan fingerprint density at radius 1 is 0.947 bits per heavy atom. The van der Waals surface area contributed by atoms with Gasteiger partial charge in [0, 0.05) is 12.0 Å². The Hall–Kier alpha value is -0.530. The molecule has 0 fully saturated rings. The highest BCUT2D eigenvalue weighted by Gasteiger charge is 2.16. The molecule has 0 aliphatic heterocycles. The van der Waals surface area contributed by atoms with Crippen LogP contribution in [-0.4, -0.2) is 11.4 Å².